The Hall–Kier alpha value is -2.50. The fourth-order valence-corrected chi connectivity index (χ4v) is 1.91. The molecule has 2 aromatic heterocycles. The molecule has 0 saturated carbocycles. The van der Waals surface area contributed by atoms with E-state index in [4.69, 9.17) is 20.3 Å². The largest absolute Gasteiger partial charge is 0.400 e. The van der Waals surface area contributed by atoms with Crippen LogP contribution >= 0.6 is 0 Å². The number of methoxy groups -OCH3 is 2. The van der Waals surface area contributed by atoms with Crippen molar-refractivity contribution in [2.45, 2.75) is 52.0 Å². The van der Waals surface area contributed by atoms with Crippen LogP contribution < -0.4 is 5.73 Å². The third kappa shape index (κ3) is 9.44. The molecule has 0 unspecified atom stereocenters. The van der Waals surface area contributed by atoms with Crippen molar-refractivity contribution in [3.63, 3.8) is 0 Å². The van der Waals surface area contributed by atoms with Gasteiger partial charge < -0.3 is 30.4 Å². The summed E-state index contributed by atoms with van der Waals surface area (Å²) in [7, 11) is 4.28. The zero-order chi connectivity index (χ0) is 22.0. The lowest BCUT2D eigenvalue weighted by Gasteiger charge is -2.22. The van der Waals surface area contributed by atoms with Crippen molar-refractivity contribution in [2.75, 3.05) is 27.1 Å². The molecule has 2 aromatic rings. The monoisotopic (exact) mass is 400 g/mol. The molecule has 28 heavy (non-hydrogen) atoms. The average molecular weight is 400 g/mol. The molecule has 0 atom stereocenters. The molecule has 160 valence electrons. The second-order valence-corrected chi connectivity index (χ2v) is 6.99. The Bertz CT molecular complexity index is 710. The van der Waals surface area contributed by atoms with Crippen LogP contribution in [0.5, 0.6) is 0 Å². The Morgan fingerprint density at radius 2 is 1.46 bits per heavy atom. The maximum atomic E-state index is 10.3. The van der Waals surface area contributed by atoms with Gasteiger partial charge in [0.05, 0.1) is 41.7 Å². The van der Waals surface area contributed by atoms with Gasteiger partial charge in [-0.25, -0.2) is 0 Å². The molecule has 0 saturated heterocycles. The predicted molar refractivity (Wildman–Crippen MR) is 106 cm³/mol. The number of hydrogen-bond donors (Lipinski definition) is 2. The number of anilines is 1. The van der Waals surface area contributed by atoms with Gasteiger partial charge in [-0.2, -0.15) is 9.78 Å². The van der Waals surface area contributed by atoms with Crippen molar-refractivity contribution in [3.8, 4) is 0 Å². The third-order valence-electron chi connectivity index (χ3n) is 3.67. The summed E-state index contributed by atoms with van der Waals surface area (Å²) in [5.41, 5.74) is 4.90. The lowest BCUT2D eigenvalue weighted by Crippen LogP contribution is -2.29. The molecule has 0 aliphatic carbocycles. The fraction of sp³-hybridized carbons (Fsp3) is 0.647. The van der Waals surface area contributed by atoms with E-state index < -0.39 is 4.92 Å². The van der Waals surface area contributed by atoms with Crippen LogP contribution in [0.15, 0.2) is 24.5 Å². The highest BCUT2D eigenvalue weighted by Crippen LogP contribution is 2.13. The molecule has 0 fully saturated rings. The molecule has 11 heteroatoms. The van der Waals surface area contributed by atoms with Crippen molar-refractivity contribution in [3.05, 3.63) is 34.6 Å². The fourth-order valence-electron chi connectivity index (χ4n) is 1.91. The SMILES string of the molecule is CO.COC(C)(C)Cn1ccc(N)n1.COC(C)(C)Cn1ccc([N+](=O)[O-])n1. The molecule has 11 nitrogen and oxygen atoms in total. The first-order valence-electron chi connectivity index (χ1n) is 8.50. The van der Waals surface area contributed by atoms with E-state index in [1.807, 2.05) is 33.9 Å². The number of aliphatic hydroxyl groups excluding tert-OH is 1. The summed E-state index contributed by atoms with van der Waals surface area (Å²) in [5.74, 6) is 0.402. The van der Waals surface area contributed by atoms with E-state index in [0.29, 0.717) is 18.9 Å². The Morgan fingerprint density at radius 3 is 1.79 bits per heavy atom. The lowest BCUT2D eigenvalue weighted by atomic mass is 10.1. The molecule has 2 heterocycles. The maximum Gasteiger partial charge on any atom is 0.389 e. The van der Waals surface area contributed by atoms with Gasteiger partial charge in [0.1, 0.15) is 5.82 Å². The summed E-state index contributed by atoms with van der Waals surface area (Å²) in [6, 6.07) is 3.14. The molecular weight excluding hydrogens is 368 g/mol. The summed E-state index contributed by atoms with van der Waals surface area (Å²) in [6.07, 6.45) is 3.41. The van der Waals surface area contributed by atoms with Crippen LogP contribution in [0.4, 0.5) is 11.6 Å². The smallest absolute Gasteiger partial charge is 0.389 e. The number of rotatable bonds is 7. The molecule has 0 radical (unpaired) electrons. The number of nitrogens with zero attached hydrogens (tertiary/aromatic N) is 5. The van der Waals surface area contributed by atoms with Crippen molar-refractivity contribution >= 4 is 11.6 Å². The second-order valence-electron chi connectivity index (χ2n) is 6.99. The average Bonchev–Trinajstić information content (AvgIpc) is 3.25. The van der Waals surface area contributed by atoms with E-state index in [1.165, 1.54) is 10.7 Å². The van der Waals surface area contributed by atoms with Crippen molar-refractivity contribution in [1.82, 2.24) is 19.6 Å². The van der Waals surface area contributed by atoms with Crippen LogP contribution in [0.2, 0.25) is 0 Å². The van der Waals surface area contributed by atoms with Gasteiger partial charge in [0.25, 0.3) is 0 Å². The van der Waals surface area contributed by atoms with Crippen LogP contribution in [0, 0.1) is 10.1 Å². The highest BCUT2D eigenvalue weighted by Gasteiger charge is 2.21. The summed E-state index contributed by atoms with van der Waals surface area (Å²) >= 11 is 0. The third-order valence-corrected chi connectivity index (χ3v) is 3.67. The van der Waals surface area contributed by atoms with Crippen molar-refractivity contribution < 1.29 is 19.5 Å². The van der Waals surface area contributed by atoms with E-state index in [0.717, 1.165) is 7.11 Å². The number of nitrogens with two attached hydrogens (primary N) is 1. The van der Waals surface area contributed by atoms with Gasteiger partial charge in [-0.3, -0.25) is 4.68 Å². The maximum absolute atomic E-state index is 10.3. The Morgan fingerprint density at radius 1 is 1.04 bits per heavy atom. The highest BCUT2D eigenvalue weighted by atomic mass is 16.6. The van der Waals surface area contributed by atoms with Gasteiger partial charge in [-0.1, -0.05) is 0 Å². The number of aliphatic hydroxyl groups is 1. The quantitative estimate of drug-likeness (QED) is 0.528. The van der Waals surface area contributed by atoms with E-state index in [-0.39, 0.29) is 17.0 Å². The minimum atomic E-state index is -0.518. The number of hydrogen-bond acceptors (Lipinski definition) is 8. The van der Waals surface area contributed by atoms with Gasteiger partial charge in [0.2, 0.25) is 0 Å². The van der Waals surface area contributed by atoms with Crippen molar-refractivity contribution in [1.29, 1.82) is 0 Å². The van der Waals surface area contributed by atoms with Gasteiger partial charge in [-0.05, 0) is 38.7 Å². The normalized spacial score (nSPS) is 11.1. The first-order valence-corrected chi connectivity index (χ1v) is 8.50. The molecule has 0 amide bonds. The molecule has 0 spiro atoms. The van der Waals surface area contributed by atoms with Crippen molar-refractivity contribution in [2.24, 2.45) is 0 Å². The number of aromatic nitrogens is 4. The lowest BCUT2D eigenvalue weighted by molar-refractivity contribution is -0.389. The van der Waals surface area contributed by atoms with Gasteiger partial charge in [0.15, 0.2) is 0 Å². The van der Waals surface area contributed by atoms with Crippen LogP contribution in [-0.2, 0) is 22.6 Å². The van der Waals surface area contributed by atoms with Crippen LogP contribution in [-0.4, -0.2) is 62.1 Å². The topological polar surface area (TPSA) is 143 Å². The van der Waals surface area contributed by atoms with Crippen LogP contribution in [0.1, 0.15) is 27.7 Å². The highest BCUT2D eigenvalue weighted by molar-refractivity contribution is 5.23. The molecular formula is C17H32N6O5. The number of ether oxygens (including phenoxy) is 2. The predicted octanol–water partition coefficient (Wildman–Crippen LogP) is 1.72. The van der Waals surface area contributed by atoms with E-state index in [9.17, 15) is 10.1 Å². The minimum Gasteiger partial charge on any atom is -0.400 e. The molecule has 0 aliphatic heterocycles. The molecule has 0 aromatic carbocycles. The Kier molecular flexibility index (Phi) is 10.4. The van der Waals surface area contributed by atoms with Gasteiger partial charge in [0, 0.05) is 27.5 Å². The summed E-state index contributed by atoms with van der Waals surface area (Å²) in [4.78, 5) is 9.83. The number of nitrogen functional groups attached to an aromatic ring is 1. The first kappa shape index (κ1) is 25.5. The molecule has 3 N–H and O–H groups in total. The molecule has 2 rings (SSSR count). The standard InChI is InChI=1S/C8H13N3O3.C8H15N3O.CH4O/c1-8(2,14-3)6-10-5-4-7(9-10)11(12)13;1-8(2,12-3)6-11-5-4-7(9)10-11;1-2/h4-5H,6H2,1-3H3;4-5H,6H2,1-3H3,(H2,9,10);2H,1H3. The van der Waals surface area contributed by atoms with Gasteiger partial charge in [-0.15, -0.1) is 0 Å². The van der Waals surface area contributed by atoms with E-state index in [1.54, 1.807) is 31.2 Å². The van der Waals surface area contributed by atoms with Crippen LogP contribution in [0.3, 0.4) is 0 Å². The number of nitro groups is 1. The summed E-state index contributed by atoms with van der Waals surface area (Å²) in [5, 5.41) is 25.2. The van der Waals surface area contributed by atoms with Crippen LogP contribution in [0.25, 0.3) is 0 Å². The summed E-state index contributed by atoms with van der Waals surface area (Å²) in [6.45, 7) is 8.98. The Labute approximate surface area is 165 Å². The first-order chi connectivity index (χ1) is 13.0. The second kappa shape index (κ2) is 11.4. The summed E-state index contributed by atoms with van der Waals surface area (Å²) < 4.78 is 13.7. The zero-order valence-electron chi connectivity index (χ0n) is 17.6. The Balaban J connectivity index is 0.000000483. The van der Waals surface area contributed by atoms with Gasteiger partial charge >= 0.3 is 5.82 Å². The molecule has 0 bridgehead atoms. The van der Waals surface area contributed by atoms with E-state index in [2.05, 4.69) is 10.2 Å². The minimum absolute atomic E-state index is 0.142. The van der Waals surface area contributed by atoms with E-state index >= 15 is 0 Å². The molecule has 0 aliphatic rings. The zero-order valence-corrected chi connectivity index (χ0v) is 17.6.